The maximum atomic E-state index is 16.1. The van der Waals surface area contributed by atoms with Gasteiger partial charge in [-0.1, -0.05) is 98.1 Å². The van der Waals surface area contributed by atoms with Crippen molar-refractivity contribution in [3.63, 3.8) is 0 Å². The van der Waals surface area contributed by atoms with Crippen LogP contribution in [0.15, 0.2) is 111 Å². The van der Waals surface area contributed by atoms with Crippen molar-refractivity contribution in [2.45, 2.75) is 36.1 Å². The molecule has 4 aromatic carbocycles. The Bertz CT molecular complexity index is 1810. The molecule has 0 amide bonds. The van der Waals surface area contributed by atoms with E-state index in [2.05, 4.69) is 31.9 Å². The number of nitrogens with zero attached hydrogens (tertiary/aromatic N) is 2. The Morgan fingerprint density at radius 1 is 0.844 bits per heavy atom. The molecule has 4 aromatic rings. The number of esters is 2. The number of carbonyl (C=O) groups excluding carboxylic acids is 2. The molecule has 0 aliphatic carbocycles. The number of aryl methyl sites for hydroxylation is 1. The molecule has 0 N–H and O–H groups in total. The van der Waals surface area contributed by atoms with E-state index in [1.807, 2.05) is 30.3 Å². The minimum absolute atomic E-state index is 0.0113. The fraction of sp³-hybridized carbons (Fsp3) is 0.212. The fourth-order valence-electron chi connectivity index (χ4n) is 5.83. The first-order valence-corrected chi connectivity index (χ1v) is 16.8. The third-order valence-corrected chi connectivity index (χ3v) is 10.7. The molecule has 0 aromatic heterocycles. The SMILES string of the molecule is COC(=O)C1(C(=O)OC)[C@@H](c2ccc(Br)cc2F)N(Cc2ccccc2)[C@H](c2ccc(Br)cc2)N1S(=O)(=O)c1ccc(C)cc1. The van der Waals surface area contributed by atoms with Gasteiger partial charge in [-0.2, -0.15) is 0 Å². The van der Waals surface area contributed by atoms with Crippen LogP contribution in [0, 0.1) is 12.7 Å². The van der Waals surface area contributed by atoms with Crippen molar-refractivity contribution in [2.75, 3.05) is 14.2 Å². The first-order valence-electron chi connectivity index (χ1n) is 13.7. The molecule has 1 aliphatic heterocycles. The maximum absolute atomic E-state index is 16.1. The number of benzene rings is 4. The summed E-state index contributed by atoms with van der Waals surface area (Å²) in [6.45, 7) is 1.81. The highest BCUT2D eigenvalue weighted by Gasteiger charge is 2.73. The van der Waals surface area contributed by atoms with E-state index in [1.54, 1.807) is 54.3 Å². The largest absolute Gasteiger partial charge is 0.467 e. The average molecular weight is 760 g/mol. The summed E-state index contributed by atoms with van der Waals surface area (Å²) in [5.41, 5.74) is -0.891. The minimum Gasteiger partial charge on any atom is -0.467 e. The van der Waals surface area contributed by atoms with Gasteiger partial charge in [0, 0.05) is 21.1 Å². The van der Waals surface area contributed by atoms with Crippen molar-refractivity contribution < 1.29 is 31.9 Å². The number of hydrogen-bond donors (Lipinski definition) is 0. The lowest BCUT2D eigenvalue weighted by Gasteiger charge is -2.36. The average Bonchev–Trinajstić information content (AvgIpc) is 3.33. The summed E-state index contributed by atoms with van der Waals surface area (Å²) in [4.78, 5) is 30.0. The highest BCUT2D eigenvalue weighted by molar-refractivity contribution is 9.10. The van der Waals surface area contributed by atoms with Crippen LogP contribution in [0.3, 0.4) is 0 Å². The molecule has 2 atom stereocenters. The van der Waals surface area contributed by atoms with Gasteiger partial charge in [-0.05, 0) is 54.4 Å². The molecule has 0 radical (unpaired) electrons. The van der Waals surface area contributed by atoms with Gasteiger partial charge >= 0.3 is 11.9 Å². The van der Waals surface area contributed by atoms with Gasteiger partial charge < -0.3 is 9.47 Å². The van der Waals surface area contributed by atoms with Crippen LogP contribution in [0.4, 0.5) is 4.39 Å². The molecule has 12 heteroatoms. The smallest absolute Gasteiger partial charge is 0.341 e. The topological polar surface area (TPSA) is 93.2 Å². The van der Waals surface area contributed by atoms with Gasteiger partial charge in [-0.25, -0.2) is 22.4 Å². The van der Waals surface area contributed by atoms with Gasteiger partial charge in [-0.15, -0.1) is 4.31 Å². The lowest BCUT2D eigenvalue weighted by Crippen LogP contribution is -2.62. The molecule has 0 bridgehead atoms. The summed E-state index contributed by atoms with van der Waals surface area (Å²) in [7, 11) is -2.62. The van der Waals surface area contributed by atoms with Crippen molar-refractivity contribution >= 4 is 53.8 Å². The molecular formula is C33H29Br2FN2O6S. The van der Waals surface area contributed by atoms with Crippen molar-refractivity contribution in [1.29, 1.82) is 0 Å². The van der Waals surface area contributed by atoms with Gasteiger partial charge in [0.25, 0.3) is 5.54 Å². The second kappa shape index (κ2) is 13.1. The normalized spacial score (nSPS) is 18.4. The summed E-state index contributed by atoms with van der Waals surface area (Å²) < 4.78 is 58.5. The molecule has 1 saturated heterocycles. The Kier molecular flexibility index (Phi) is 9.62. The zero-order valence-electron chi connectivity index (χ0n) is 24.5. The van der Waals surface area contributed by atoms with Crippen molar-refractivity contribution in [3.8, 4) is 0 Å². The molecule has 0 saturated carbocycles. The van der Waals surface area contributed by atoms with Crippen LogP contribution in [0.5, 0.6) is 0 Å². The van der Waals surface area contributed by atoms with Gasteiger partial charge in [0.05, 0.1) is 25.2 Å². The first kappa shape index (κ1) is 33.0. The predicted molar refractivity (Wildman–Crippen MR) is 173 cm³/mol. The van der Waals surface area contributed by atoms with Gasteiger partial charge in [0.15, 0.2) is 0 Å². The number of methoxy groups -OCH3 is 2. The summed E-state index contributed by atoms with van der Waals surface area (Å²) >= 11 is 6.70. The Morgan fingerprint density at radius 3 is 1.98 bits per heavy atom. The number of sulfonamides is 1. The van der Waals surface area contributed by atoms with Crippen LogP contribution in [-0.2, 0) is 35.6 Å². The second-order valence-electron chi connectivity index (χ2n) is 10.5. The van der Waals surface area contributed by atoms with Crippen LogP contribution in [0.1, 0.15) is 34.5 Å². The van der Waals surface area contributed by atoms with Gasteiger partial charge in [0.2, 0.25) is 10.0 Å². The molecule has 0 unspecified atom stereocenters. The van der Waals surface area contributed by atoms with E-state index in [1.165, 1.54) is 24.3 Å². The molecule has 1 fully saturated rings. The van der Waals surface area contributed by atoms with E-state index in [0.717, 1.165) is 34.1 Å². The molecule has 8 nitrogen and oxygen atoms in total. The Hall–Kier alpha value is -3.42. The van der Waals surface area contributed by atoms with E-state index in [-0.39, 0.29) is 17.0 Å². The van der Waals surface area contributed by atoms with Crippen LogP contribution in [0.25, 0.3) is 0 Å². The highest BCUT2D eigenvalue weighted by Crippen LogP contribution is 2.56. The first-order chi connectivity index (χ1) is 21.5. The lowest BCUT2D eigenvalue weighted by molar-refractivity contribution is -0.168. The molecule has 45 heavy (non-hydrogen) atoms. The van der Waals surface area contributed by atoms with E-state index in [0.29, 0.717) is 10.0 Å². The second-order valence-corrected chi connectivity index (χ2v) is 14.2. The summed E-state index contributed by atoms with van der Waals surface area (Å²) in [6, 6.07) is 24.6. The molecule has 5 rings (SSSR count). The van der Waals surface area contributed by atoms with Crippen molar-refractivity contribution in [1.82, 2.24) is 9.21 Å². The monoisotopic (exact) mass is 758 g/mol. The van der Waals surface area contributed by atoms with Crippen LogP contribution in [0.2, 0.25) is 0 Å². The van der Waals surface area contributed by atoms with Crippen molar-refractivity contribution in [2.24, 2.45) is 0 Å². The van der Waals surface area contributed by atoms with Gasteiger partial charge in [-0.3, -0.25) is 4.90 Å². The highest BCUT2D eigenvalue weighted by atomic mass is 79.9. The van der Waals surface area contributed by atoms with Crippen LogP contribution < -0.4 is 0 Å². The predicted octanol–water partition coefficient (Wildman–Crippen LogP) is 6.69. The molecule has 234 valence electrons. The zero-order chi connectivity index (χ0) is 32.5. The molecule has 0 spiro atoms. The molecule has 1 heterocycles. The molecular weight excluding hydrogens is 731 g/mol. The maximum Gasteiger partial charge on any atom is 0.341 e. The van der Waals surface area contributed by atoms with E-state index < -0.39 is 45.5 Å². The fourth-order valence-corrected chi connectivity index (χ4v) is 8.27. The lowest BCUT2D eigenvalue weighted by atomic mass is 9.85. The van der Waals surface area contributed by atoms with Crippen LogP contribution >= 0.6 is 31.9 Å². The summed E-state index contributed by atoms with van der Waals surface area (Å²) in [6.07, 6.45) is -1.31. The number of hydrogen-bond acceptors (Lipinski definition) is 7. The van der Waals surface area contributed by atoms with Crippen LogP contribution in [-0.4, -0.2) is 49.3 Å². The zero-order valence-corrected chi connectivity index (χ0v) is 28.5. The van der Waals surface area contributed by atoms with E-state index in [9.17, 15) is 18.0 Å². The summed E-state index contributed by atoms with van der Waals surface area (Å²) in [5.74, 6) is -3.22. The Morgan fingerprint density at radius 2 is 1.42 bits per heavy atom. The van der Waals surface area contributed by atoms with Gasteiger partial charge in [0.1, 0.15) is 12.0 Å². The summed E-state index contributed by atoms with van der Waals surface area (Å²) in [5, 5.41) is 0. The minimum atomic E-state index is -4.72. The quantitative estimate of drug-likeness (QED) is 0.146. The number of ether oxygens (including phenoxy) is 2. The molecule has 1 aliphatic rings. The van der Waals surface area contributed by atoms with Crippen molar-refractivity contribution in [3.05, 3.63) is 134 Å². The van der Waals surface area contributed by atoms with E-state index >= 15 is 4.39 Å². The third kappa shape index (κ3) is 5.85. The Labute approximate surface area is 278 Å². The number of rotatable bonds is 8. The number of carbonyl (C=O) groups is 2. The third-order valence-electron chi connectivity index (χ3n) is 7.82. The standard InChI is InChI=1S/C33H29Br2FN2O6S/c1-21-9-16-26(17-10-21)45(41,42)38-30(23-11-13-24(34)14-12-23)37(20-22-7-5-4-6-8-22)29(27-18-15-25(35)19-28(27)36)33(38,31(39)43-2)32(40)44-3/h4-19,29-30H,20H2,1-3H3/t29-,30+/m1/s1. The van der Waals surface area contributed by atoms with E-state index in [4.69, 9.17) is 9.47 Å². The Balaban J connectivity index is 1.95. The number of halogens is 3.